The number of nitro benzene ring substituents is 1. The Labute approximate surface area is 162 Å². The molecule has 0 spiro atoms. The minimum atomic E-state index is -1.35. The zero-order valence-electron chi connectivity index (χ0n) is 14.6. The van der Waals surface area contributed by atoms with Gasteiger partial charge in [-0.05, 0) is 31.2 Å². The molecule has 0 saturated carbocycles. The van der Waals surface area contributed by atoms with Crippen LogP contribution in [0.3, 0.4) is 0 Å². The number of H-pyrrole nitrogens is 1. The van der Waals surface area contributed by atoms with E-state index in [2.05, 4.69) is 9.97 Å². The molecule has 3 aromatic rings. The van der Waals surface area contributed by atoms with Gasteiger partial charge in [-0.3, -0.25) is 19.7 Å². The SMILES string of the molecule is N#CC(C(=O)c1cccc([N+](=O)[O-])c1)c1nc2sc3c(c2c(=O)[nH]1)CCCC3. The fourth-order valence-corrected chi connectivity index (χ4v) is 4.77. The quantitative estimate of drug-likeness (QED) is 0.411. The normalized spacial score (nSPS) is 14.2. The molecular weight excluding hydrogens is 380 g/mol. The standard InChI is InChI=1S/C19H14N4O4S/c20-9-13(16(24)10-4-3-5-11(8-10)23(26)27)17-21-18(25)15-12-6-1-2-7-14(12)28-19(15)22-17/h3-5,8,13H,1-2,6-7H2,(H,21,22,25). The Bertz CT molecular complexity index is 1220. The number of fused-ring (bicyclic) bond motifs is 3. The van der Waals surface area contributed by atoms with Gasteiger partial charge in [0, 0.05) is 22.6 Å². The molecule has 1 aliphatic carbocycles. The Morgan fingerprint density at radius 3 is 2.89 bits per heavy atom. The molecule has 1 aliphatic rings. The highest BCUT2D eigenvalue weighted by atomic mass is 32.1. The van der Waals surface area contributed by atoms with Gasteiger partial charge in [0.25, 0.3) is 11.2 Å². The number of ketones is 1. The molecule has 1 N–H and O–H groups in total. The number of nitro groups is 1. The van der Waals surface area contributed by atoms with Crippen molar-refractivity contribution in [2.45, 2.75) is 31.6 Å². The number of thiophene rings is 1. The second-order valence-corrected chi connectivity index (χ2v) is 7.66. The number of benzene rings is 1. The number of aromatic amines is 1. The zero-order chi connectivity index (χ0) is 19.8. The number of aryl methyl sites for hydroxylation is 2. The molecule has 9 heteroatoms. The summed E-state index contributed by atoms with van der Waals surface area (Å²) >= 11 is 1.43. The first-order valence-corrected chi connectivity index (χ1v) is 9.54. The van der Waals surface area contributed by atoms with Crippen LogP contribution in [-0.4, -0.2) is 20.7 Å². The van der Waals surface area contributed by atoms with Crippen molar-refractivity contribution in [3.8, 4) is 6.07 Å². The van der Waals surface area contributed by atoms with Gasteiger partial charge < -0.3 is 4.98 Å². The fourth-order valence-electron chi connectivity index (χ4n) is 3.50. The second-order valence-electron chi connectivity index (χ2n) is 6.58. The maximum absolute atomic E-state index is 12.8. The highest BCUT2D eigenvalue weighted by molar-refractivity contribution is 7.18. The number of Topliss-reactive ketones (excluding diaryl/α,β-unsaturated/α-hetero) is 1. The molecule has 0 fully saturated rings. The third kappa shape index (κ3) is 2.97. The van der Waals surface area contributed by atoms with Crippen molar-refractivity contribution in [2.24, 2.45) is 0 Å². The molecule has 0 saturated heterocycles. The van der Waals surface area contributed by atoms with Gasteiger partial charge in [-0.15, -0.1) is 11.3 Å². The van der Waals surface area contributed by atoms with E-state index in [0.29, 0.717) is 10.2 Å². The van der Waals surface area contributed by atoms with Gasteiger partial charge in [0.2, 0.25) is 0 Å². The molecule has 1 unspecified atom stereocenters. The summed E-state index contributed by atoms with van der Waals surface area (Å²) in [4.78, 5) is 44.4. The summed E-state index contributed by atoms with van der Waals surface area (Å²) < 4.78 is 0. The van der Waals surface area contributed by atoms with E-state index in [-0.39, 0.29) is 22.6 Å². The van der Waals surface area contributed by atoms with E-state index in [9.17, 15) is 25.0 Å². The summed E-state index contributed by atoms with van der Waals surface area (Å²) in [6.45, 7) is 0. The number of hydrogen-bond acceptors (Lipinski definition) is 7. The molecular formula is C19H14N4O4S. The molecule has 0 aliphatic heterocycles. The van der Waals surface area contributed by atoms with Gasteiger partial charge in [0.15, 0.2) is 11.7 Å². The number of carbonyl (C=O) groups excluding carboxylic acids is 1. The summed E-state index contributed by atoms with van der Waals surface area (Å²) in [5.74, 6) is -2.02. The van der Waals surface area contributed by atoms with Crippen molar-refractivity contribution in [1.82, 2.24) is 9.97 Å². The van der Waals surface area contributed by atoms with E-state index >= 15 is 0 Å². The number of aromatic nitrogens is 2. The van der Waals surface area contributed by atoms with Crippen LogP contribution in [0.15, 0.2) is 29.1 Å². The first-order valence-electron chi connectivity index (χ1n) is 8.72. The maximum Gasteiger partial charge on any atom is 0.270 e. The molecule has 1 aromatic carbocycles. The van der Waals surface area contributed by atoms with Crippen molar-refractivity contribution < 1.29 is 9.72 Å². The number of nitrogens with zero attached hydrogens (tertiary/aromatic N) is 3. The topological polar surface area (TPSA) is 130 Å². The zero-order valence-corrected chi connectivity index (χ0v) is 15.4. The lowest BCUT2D eigenvalue weighted by atomic mass is 9.96. The lowest BCUT2D eigenvalue weighted by Crippen LogP contribution is -2.20. The molecule has 4 rings (SSSR count). The maximum atomic E-state index is 12.8. The van der Waals surface area contributed by atoms with Crippen LogP contribution in [-0.2, 0) is 12.8 Å². The van der Waals surface area contributed by atoms with Gasteiger partial charge >= 0.3 is 0 Å². The van der Waals surface area contributed by atoms with E-state index in [1.165, 1.54) is 29.5 Å². The average Bonchev–Trinajstić information content (AvgIpc) is 3.07. The van der Waals surface area contributed by atoms with Gasteiger partial charge in [-0.2, -0.15) is 5.26 Å². The van der Waals surface area contributed by atoms with E-state index < -0.39 is 16.6 Å². The average molecular weight is 394 g/mol. The summed E-state index contributed by atoms with van der Waals surface area (Å²) in [7, 11) is 0. The number of non-ortho nitro benzene ring substituents is 1. The van der Waals surface area contributed by atoms with Crippen LogP contribution in [0.5, 0.6) is 0 Å². The molecule has 28 heavy (non-hydrogen) atoms. The van der Waals surface area contributed by atoms with Gasteiger partial charge in [-0.25, -0.2) is 4.98 Å². The number of nitrogens with one attached hydrogen (secondary N) is 1. The van der Waals surface area contributed by atoms with E-state index in [0.717, 1.165) is 42.2 Å². The summed E-state index contributed by atoms with van der Waals surface area (Å²) in [5.41, 5.74) is 0.441. The van der Waals surface area contributed by atoms with Crippen molar-refractivity contribution in [3.05, 3.63) is 66.6 Å². The minimum absolute atomic E-state index is 0.0222. The van der Waals surface area contributed by atoms with Gasteiger partial charge in [0.1, 0.15) is 10.7 Å². The van der Waals surface area contributed by atoms with Crippen LogP contribution in [0.25, 0.3) is 10.2 Å². The summed E-state index contributed by atoms with van der Waals surface area (Å²) in [6.07, 6.45) is 3.82. The monoisotopic (exact) mass is 394 g/mol. The Kier molecular flexibility index (Phi) is 4.49. The van der Waals surface area contributed by atoms with Crippen LogP contribution < -0.4 is 5.56 Å². The van der Waals surface area contributed by atoms with E-state index in [4.69, 9.17) is 0 Å². The van der Waals surface area contributed by atoms with Crippen LogP contribution in [0.4, 0.5) is 5.69 Å². The fraction of sp³-hybridized carbons (Fsp3) is 0.263. The third-order valence-electron chi connectivity index (χ3n) is 4.85. The first-order chi connectivity index (χ1) is 13.5. The molecule has 8 nitrogen and oxygen atoms in total. The van der Waals surface area contributed by atoms with E-state index in [1.807, 2.05) is 6.07 Å². The molecule has 0 bridgehead atoms. The van der Waals surface area contributed by atoms with Crippen molar-refractivity contribution in [3.63, 3.8) is 0 Å². The van der Waals surface area contributed by atoms with Crippen LogP contribution in [0.1, 0.15) is 45.4 Å². The smallest absolute Gasteiger partial charge is 0.270 e. The third-order valence-corrected chi connectivity index (χ3v) is 6.04. The highest BCUT2D eigenvalue weighted by Crippen LogP contribution is 2.34. The van der Waals surface area contributed by atoms with Crippen LogP contribution in [0, 0.1) is 21.4 Å². The van der Waals surface area contributed by atoms with E-state index in [1.54, 1.807) is 0 Å². The first kappa shape index (κ1) is 18.0. The number of hydrogen-bond donors (Lipinski definition) is 1. The minimum Gasteiger partial charge on any atom is -0.308 e. The van der Waals surface area contributed by atoms with Crippen LogP contribution >= 0.6 is 11.3 Å². The lowest BCUT2D eigenvalue weighted by molar-refractivity contribution is -0.384. The summed E-state index contributed by atoms with van der Waals surface area (Å²) in [5, 5.41) is 21.0. The predicted octanol–water partition coefficient (Wildman–Crippen LogP) is 3.26. The Hall–Kier alpha value is -3.38. The summed E-state index contributed by atoms with van der Waals surface area (Å²) in [6, 6.07) is 7.04. The number of carbonyl (C=O) groups is 1. The molecule has 2 aromatic heterocycles. The van der Waals surface area contributed by atoms with Crippen molar-refractivity contribution in [1.29, 1.82) is 5.26 Å². The van der Waals surface area contributed by atoms with Crippen LogP contribution in [0.2, 0.25) is 0 Å². The highest BCUT2D eigenvalue weighted by Gasteiger charge is 2.28. The Morgan fingerprint density at radius 1 is 1.36 bits per heavy atom. The van der Waals surface area contributed by atoms with Crippen molar-refractivity contribution in [2.75, 3.05) is 0 Å². The second kappa shape index (κ2) is 6.98. The molecule has 1 atom stereocenters. The Morgan fingerprint density at radius 2 is 2.14 bits per heavy atom. The largest absolute Gasteiger partial charge is 0.308 e. The molecule has 0 amide bonds. The number of nitriles is 1. The van der Waals surface area contributed by atoms with Gasteiger partial charge in [0.05, 0.1) is 16.4 Å². The number of rotatable bonds is 4. The molecule has 0 radical (unpaired) electrons. The Balaban J connectivity index is 1.78. The predicted molar refractivity (Wildman–Crippen MR) is 103 cm³/mol. The van der Waals surface area contributed by atoms with Gasteiger partial charge in [-0.1, -0.05) is 12.1 Å². The van der Waals surface area contributed by atoms with Crippen molar-refractivity contribution >= 4 is 33.0 Å². The molecule has 2 heterocycles. The lowest BCUT2D eigenvalue weighted by Gasteiger charge is -2.10. The molecule has 140 valence electrons.